The summed E-state index contributed by atoms with van der Waals surface area (Å²) in [6.45, 7) is 0.790. The van der Waals surface area contributed by atoms with Crippen LogP contribution in [0.2, 0.25) is 0 Å². The van der Waals surface area contributed by atoms with Gasteiger partial charge in [0.05, 0.1) is 23.3 Å². The monoisotopic (exact) mass is 306 g/mol. The molecule has 1 fully saturated rings. The van der Waals surface area contributed by atoms with Crippen molar-refractivity contribution in [2.45, 2.75) is 24.7 Å². The number of rotatable bonds is 2. The van der Waals surface area contributed by atoms with Crippen molar-refractivity contribution >= 4 is 5.91 Å². The molecule has 0 aliphatic carbocycles. The van der Waals surface area contributed by atoms with Crippen LogP contribution in [-0.4, -0.2) is 36.2 Å². The lowest BCUT2D eigenvalue weighted by Crippen LogP contribution is -2.52. The molecule has 0 unspecified atom stereocenters. The molecule has 0 aromatic heterocycles. The molecule has 2 rings (SSSR count). The number of hydrogen-bond acceptors (Lipinski definition) is 3. The van der Waals surface area contributed by atoms with Gasteiger partial charge in [0.15, 0.2) is 0 Å². The average molecular weight is 306 g/mol. The summed E-state index contributed by atoms with van der Waals surface area (Å²) in [5, 5.41) is 14.9. The minimum absolute atomic E-state index is 0.250. The van der Waals surface area contributed by atoms with Crippen LogP contribution in [0.5, 0.6) is 0 Å². The smallest absolute Gasteiger partial charge is 0.390 e. The number of aliphatic hydroxyl groups excluding tert-OH is 1. The molecule has 1 aromatic carbocycles. The van der Waals surface area contributed by atoms with Crippen molar-refractivity contribution in [2.75, 3.05) is 13.1 Å². The van der Waals surface area contributed by atoms with E-state index in [9.17, 15) is 27.5 Å². The highest BCUT2D eigenvalue weighted by atomic mass is 19.4. The highest BCUT2D eigenvalue weighted by Crippen LogP contribution is 2.32. The molecular weight excluding hydrogens is 292 g/mol. The van der Waals surface area contributed by atoms with Crippen molar-refractivity contribution in [3.05, 3.63) is 35.1 Å². The summed E-state index contributed by atoms with van der Waals surface area (Å²) < 4.78 is 51.5. The maximum atomic E-state index is 13.0. The van der Waals surface area contributed by atoms with Gasteiger partial charge in [0.1, 0.15) is 5.82 Å². The van der Waals surface area contributed by atoms with Crippen LogP contribution in [0.3, 0.4) is 0 Å². The number of hydrogen-bond donors (Lipinski definition) is 3. The third kappa shape index (κ3) is 3.70. The molecule has 2 atom stereocenters. The number of benzene rings is 1. The Morgan fingerprint density at radius 1 is 1.38 bits per heavy atom. The first kappa shape index (κ1) is 15.7. The molecule has 1 amide bonds. The predicted molar refractivity (Wildman–Crippen MR) is 66.1 cm³/mol. The summed E-state index contributed by atoms with van der Waals surface area (Å²) in [5.41, 5.74) is -1.99. The third-order valence-electron chi connectivity index (χ3n) is 3.30. The predicted octanol–water partition coefficient (Wildman–Crippen LogP) is 1.30. The Hall–Kier alpha value is -1.67. The molecule has 0 radical (unpaired) electrons. The molecule has 21 heavy (non-hydrogen) atoms. The number of aliphatic hydroxyl groups is 1. The first-order valence-corrected chi connectivity index (χ1v) is 6.35. The lowest BCUT2D eigenvalue weighted by atomic mass is 10.0. The van der Waals surface area contributed by atoms with Crippen LogP contribution in [0.1, 0.15) is 22.3 Å². The lowest BCUT2D eigenvalue weighted by molar-refractivity contribution is -0.138. The van der Waals surface area contributed by atoms with Gasteiger partial charge in [0.2, 0.25) is 0 Å². The number of β-amino-alcohol motifs (C(OH)–C–C–N with tert-alkyl or cyclic N) is 1. The van der Waals surface area contributed by atoms with Gasteiger partial charge in [-0.1, -0.05) is 0 Å². The van der Waals surface area contributed by atoms with Crippen molar-refractivity contribution < 1.29 is 27.5 Å². The van der Waals surface area contributed by atoms with Crippen molar-refractivity contribution in [1.29, 1.82) is 0 Å². The molecule has 1 heterocycles. The molecule has 0 bridgehead atoms. The summed E-state index contributed by atoms with van der Waals surface area (Å²) in [4.78, 5) is 12.0. The summed E-state index contributed by atoms with van der Waals surface area (Å²) in [5.74, 6) is -2.05. The molecule has 0 spiro atoms. The van der Waals surface area contributed by atoms with Crippen LogP contribution < -0.4 is 10.6 Å². The molecular formula is C13H14F4N2O2. The van der Waals surface area contributed by atoms with Crippen molar-refractivity contribution in [3.63, 3.8) is 0 Å². The average Bonchev–Trinajstić information content (AvgIpc) is 2.40. The fraction of sp³-hybridized carbons (Fsp3) is 0.462. The Kier molecular flexibility index (Phi) is 4.48. The van der Waals surface area contributed by atoms with Crippen molar-refractivity contribution in [3.8, 4) is 0 Å². The van der Waals surface area contributed by atoms with Gasteiger partial charge in [-0.15, -0.1) is 0 Å². The molecule has 1 aliphatic heterocycles. The zero-order valence-corrected chi connectivity index (χ0v) is 10.9. The lowest BCUT2D eigenvalue weighted by Gasteiger charge is -2.29. The van der Waals surface area contributed by atoms with Crippen LogP contribution in [0.25, 0.3) is 0 Å². The topological polar surface area (TPSA) is 61.4 Å². The van der Waals surface area contributed by atoms with Crippen molar-refractivity contribution in [1.82, 2.24) is 10.6 Å². The number of alkyl halides is 3. The quantitative estimate of drug-likeness (QED) is 0.722. The molecule has 3 N–H and O–H groups in total. The molecule has 4 nitrogen and oxygen atoms in total. The number of halogens is 4. The van der Waals surface area contributed by atoms with E-state index in [1.165, 1.54) is 0 Å². The maximum absolute atomic E-state index is 13.0. The van der Waals surface area contributed by atoms with Gasteiger partial charge in [0.25, 0.3) is 5.91 Å². The second kappa shape index (κ2) is 5.98. The van der Waals surface area contributed by atoms with Gasteiger partial charge in [0, 0.05) is 6.54 Å². The number of amides is 1. The summed E-state index contributed by atoms with van der Waals surface area (Å²) in [6, 6.07) is 1.24. The molecule has 1 aliphatic rings. The van der Waals surface area contributed by atoms with Gasteiger partial charge < -0.3 is 15.7 Å². The number of carbonyl (C=O) groups is 1. The fourth-order valence-electron chi connectivity index (χ4n) is 2.21. The highest BCUT2D eigenvalue weighted by molar-refractivity contribution is 5.96. The van der Waals surface area contributed by atoms with E-state index in [1.807, 2.05) is 0 Å². The van der Waals surface area contributed by atoms with E-state index >= 15 is 0 Å². The Morgan fingerprint density at radius 2 is 2.10 bits per heavy atom. The van der Waals surface area contributed by atoms with E-state index in [-0.39, 0.29) is 12.6 Å². The van der Waals surface area contributed by atoms with Crippen LogP contribution >= 0.6 is 0 Å². The van der Waals surface area contributed by atoms with Gasteiger partial charge in [-0.3, -0.25) is 4.79 Å². The maximum Gasteiger partial charge on any atom is 0.417 e. The van der Waals surface area contributed by atoms with E-state index in [2.05, 4.69) is 10.6 Å². The molecule has 1 saturated heterocycles. The van der Waals surface area contributed by atoms with E-state index in [1.54, 1.807) is 0 Å². The normalized spacial score (nSPS) is 22.9. The largest absolute Gasteiger partial charge is 0.417 e. The molecule has 0 saturated carbocycles. The van der Waals surface area contributed by atoms with E-state index in [0.717, 1.165) is 12.1 Å². The Labute approximate surface area is 118 Å². The summed E-state index contributed by atoms with van der Waals surface area (Å²) in [6.07, 6.45) is -5.31. The minimum Gasteiger partial charge on any atom is -0.390 e. The standard InChI is InChI=1S/C13H14F4N2O2/c14-7-1-2-8(9(5-7)13(15,16)17)12(21)19-10-3-4-18-6-11(10)20/h1-2,5,10-11,18,20H,3-4,6H2,(H,19,21)/t10-,11+/m0/s1. The summed E-state index contributed by atoms with van der Waals surface area (Å²) in [7, 11) is 0. The SMILES string of the molecule is O=C(N[C@H]1CCNC[C@H]1O)c1ccc(F)cc1C(F)(F)F. The van der Waals surface area contributed by atoms with Crippen molar-refractivity contribution in [2.24, 2.45) is 0 Å². The molecule has 1 aromatic rings. The second-order valence-corrected chi connectivity index (χ2v) is 4.83. The van der Waals surface area contributed by atoms with Gasteiger partial charge in [-0.25, -0.2) is 4.39 Å². The zero-order valence-electron chi connectivity index (χ0n) is 10.9. The van der Waals surface area contributed by atoms with Gasteiger partial charge in [-0.05, 0) is 31.2 Å². The molecule has 8 heteroatoms. The van der Waals surface area contributed by atoms with Crippen LogP contribution in [-0.2, 0) is 6.18 Å². The number of piperidine rings is 1. The van der Waals surface area contributed by atoms with Gasteiger partial charge >= 0.3 is 6.18 Å². The van der Waals surface area contributed by atoms with Crippen LogP contribution in [0, 0.1) is 5.82 Å². The third-order valence-corrected chi connectivity index (χ3v) is 3.30. The Morgan fingerprint density at radius 3 is 2.71 bits per heavy atom. The Balaban J connectivity index is 2.23. The van der Waals surface area contributed by atoms with Crippen LogP contribution in [0.4, 0.5) is 17.6 Å². The number of carbonyl (C=O) groups excluding carboxylic acids is 1. The van der Waals surface area contributed by atoms with E-state index < -0.39 is 41.2 Å². The highest BCUT2D eigenvalue weighted by Gasteiger charge is 2.36. The summed E-state index contributed by atoms with van der Waals surface area (Å²) >= 11 is 0. The van der Waals surface area contributed by atoms with E-state index in [0.29, 0.717) is 13.0 Å². The first-order valence-electron chi connectivity index (χ1n) is 6.35. The number of nitrogens with one attached hydrogen (secondary N) is 2. The fourth-order valence-corrected chi connectivity index (χ4v) is 2.21. The Bertz CT molecular complexity index is 533. The second-order valence-electron chi connectivity index (χ2n) is 4.83. The molecule has 116 valence electrons. The zero-order chi connectivity index (χ0) is 15.6. The minimum atomic E-state index is -4.83. The van der Waals surface area contributed by atoms with Crippen LogP contribution in [0.15, 0.2) is 18.2 Å². The van der Waals surface area contributed by atoms with Gasteiger partial charge in [-0.2, -0.15) is 13.2 Å². The van der Waals surface area contributed by atoms with E-state index in [4.69, 9.17) is 0 Å². The first-order chi connectivity index (χ1) is 9.79.